The standard InChI is InChI=1S/C15H22N4O3/c1-10-3-4-14(18-17-10)19-7-5-12-11(19)9-13(22-12)15(20)16-6-8-21-2/h3-4,11-13H,5-9H2,1-2H3,(H,16,20)/t11-,12-,13-/m0/s1. The van der Waals surface area contributed by atoms with Gasteiger partial charge in [0, 0.05) is 26.6 Å². The molecule has 3 heterocycles. The number of nitrogens with zero attached hydrogens (tertiary/aromatic N) is 3. The van der Waals surface area contributed by atoms with Crippen LogP contribution < -0.4 is 10.2 Å². The number of anilines is 1. The van der Waals surface area contributed by atoms with Crippen LogP contribution in [-0.4, -0.2) is 61.2 Å². The first-order chi connectivity index (χ1) is 10.7. The van der Waals surface area contributed by atoms with E-state index < -0.39 is 0 Å². The van der Waals surface area contributed by atoms with Crippen molar-refractivity contribution in [3.8, 4) is 0 Å². The van der Waals surface area contributed by atoms with Crippen LogP contribution in [0.4, 0.5) is 5.82 Å². The summed E-state index contributed by atoms with van der Waals surface area (Å²) in [6.45, 7) is 3.84. The minimum atomic E-state index is -0.381. The summed E-state index contributed by atoms with van der Waals surface area (Å²) in [6.07, 6.45) is 1.33. The number of fused-ring (bicyclic) bond motifs is 1. The van der Waals surface area contributed by atoms with E-state index in [2.05, 4.69) is 20.4 Å². The molecule has 1 amide bonds. The van der Waals surface area contributed by atoms with Gasteiger partial charge in [-0.25, -0.2) is 0 Å². The Bertz CT molecular complexity index is 522. The average molecular weight is 306 g/mol. The van der Waals surface area contributed by atoms with Gasteiger partial charge in [0.1, 0.15) is 6.10 Å². The second-order valence-corrected chi connectivity index (χ2v) is 5.77. The van der Waals surface area contributed by atoms with Crippen LogP contribution in [0, 0.1) is 6.92 Å². The van der Waals surface area contributed by atoms with Crippen molar-refractivity contribution in [3.63, 3.8) is 0 Å². The topological polar surface area (TPSA) is 76.6 Å². The minimum absolute atomic E-state index is 0.0543. The Morgan fingerprint density at radius 2 is 2.36 bits per heavy atom. The van der Waals surface area contributed by atoms with E-state index in [1.54, 1.807) is 7.11 Å². The normalized spacial score (nSPS) is 27.0. The van der Waals surface area contributed by atoms with Gasteiger partial charge in [-0.3, -0.25) is 4.79 Å². The molecule has 3 rings (SSSR count). The fourth-order valence-corrected chi connectivity index (χ4v) is 3.14. The SMILES string of the molecule is COCCNC(=O)[C@@H]1C[C@H]2[C@H](CCN2c2ccc(C)nn2)O1. The number of nitrogens with one attached hydrogen (secondary N) is 1. The summed E-state index contributed by atoms with van der Waals surface area (Å²) in [6, 6.07) is 4.15. The molecule has 120 valence electrons. The lowest BCUT2D eigenvalue weighted by atomic mass is 10.1. The van der Waals surface area contributed by atoms with Crippen LogP contribution in [0.25, 0.3) is 0 Å². The summed E-state index contributed by atoms with van der Waals surface area (Å²) in [5.74, 6) is 0.809. The molecule has 0 saturated carbocycles. The highest BCUT2D eigenvalue weighted by atomic mass is 16.5. The first-order valence-corrected chi connectivity index (χ1v) is 7.68. The second-order valence-electron chi connectivity index (χ2n) is 5.77. The van der Waals surface area contributed by atoms with Gasteiger partial charge >= 0.3 is 0 Å². The van der Waals surface area contributed by atoms with E-state index in [-0.39, 0.29) is 24.2 Å². The third kappa shape index (κ3) is 3.05. The summed E-state index contributed by atoms with van der Waals surface area (Å²) in [7, 11) is 1.61. The first-order valence-electron chi connectivity index (χ1n) is 7.68. The van der Waals surface area contributed by atoms with Gasteiger partial charge in [-0.2, -0.15) is 5.10 Å². The maximum Gasteiger partial charge on any atom is 0.249 e. The number of aryl methyl sites for hydroxylation is 1. The molecule has 0 bridgehead atoms. The van der Waals surface area contributed by atoms with E-state index in [9.17, 15) is 4.79 Å². The lowest BCUT2D eigenvalue weighted by molar-refractivity contribution is -0.132. The van der Waals surface area contributed by atoms with Crippen LogP contribution in [-0.2, 0) is 14.3 Å². The third-order valence-corrected chi connectivity index (χ3v) is 4.25. The summed E-state index contributed by atoms with van der Waals surface area (Å²) >= 11 is 0. The van der Waals surface area contributed by atoms with Crippen LogP contribution in [0.5, 0.6) is 0 Å². The molecule has 1 aromatic heterocycles. The Labute approximate surface area is 130 Å². The van der Waals surface area contributed by atoms with Crippen molar-refractivity contribution >= 4 is 11.7 Å². The number of amides is 1. The molecule has 2 aliphatic heterocycles. The lowest BCUT2D eigenvalue weighted by Gasteiger charge is -2.23. The zero-order chi connectivity index (χ0) is 15.5. The molecule has 0 aromatic carbocycles. The summed E-state index contributed by atoms with van der Waals surface area (Å²) < 4.78 is 10.8. The molecule has 0 aliphatic carbocycles. The Morgan fingerprint density at radius 1 is 1.50 bits per heavy atom. The highest BCUT2D eigenvalue weighted by Crippen LogP contribution is 2.35. The largest absolute Gasteiger partial charge is 0.383 e. The number of carbonyl (C=O) groups excluding carboxylic acids is 1. The molecule has 2 saturated heterocycles. The molecule has 0 radical (unpaired) electrons. The fraction of sp³-hybridized carbons (Fsp3) is 0.667. The van der Waals surface area contributed by atoms with Gasteiger partial charge in [0.05, 0.1) is 24.4 Å². The quantitative estimate of drug-likeness (QED) is 0.788. The maximum absolute atomic E-state index is 12.1. The molecule has 0 unspecified atom stereocenters. The van der Waals surface area contributed by atoms with Crippen molar-refractivity contribution in [3.05, 3.63) is 17.8 Å². The van der Waals surface area contributed by atoms with E-state index >= 15 is 0 Å². The van der Waals surface area contributed by atoms with Crippen LogP contribution in [0.3, 0.4) is 0 Å². The Kier molecular flexibility index (Phi) is 4.54. The number of carbonyl (C=O) groups is 1. The van der Waals surface area contributed by atoms with Gasteiger partial charge < -0.3 is 19.7 Å². The van der Waals surface area contributed by atoms with Crippen molar-refractivity contribution < 1.29 is 14.3 Å². The van der Waals surface area contributed by atoms with Crippen molar-refractivity contribution in [2.24, 2.45) is 0 Å². The van der Waals surface area contributed by atoms with E-state index in [0.29, 0.717) is 19.6 Å². The fourth-order valence-electron chi connectivity index (χ4n) is 3.14. The van der Waals surface area contributed by atoms with E-state index in [1.807, 2.05) is 19.1 Å². The van der Waals surface area contributed by atoms with Crippen LogP contribution >= 0.6 is 0 Å². The Balaban J connectivity index is 1.61. The number of hydrogen-bond donors (Lipinski definition) is 1. The molecule has 1 aromatic rings. The van der Waals surface area contributed by atoms with E-state index in [4.69, 9.17) is 9.47 Å². The van der Waals surface area contributed by atoms with Crippen LogP contribution in [0.2, 0.25) is 0 Å². The van der Waals surface area contributed by atoms with Gasteiger partial charge in [0.25, 0.3) is 0 Å². The van der Waals surface area contributed by atoms with Gasteiger partial charge in [0.15, 0.2) is 5.82 Å². The van der Waals surface area contributed by atoms with Gasteiger partial charge in [-0.05, 0) is 25.5 Å². The van der Waals surface area contributed by atoms with Crippen molar-refractivity contribution in [2.75, 3.05) is 31.7 Å². The molecule has 7 heteroatoms. The van der Waals surface area contributed by atoms with Gasteiger partial charge in [0.2, 0.25) is 5.91 Å². The van der Waals surface area contributed by atoms with Crippen LogP contribution in [0.15, 0.2) is 12.1 Å². The first kappa shape index (κ1) is 15.2. The molecule has 22 heavy (non-hydrogen) atoms. The number of methoxy groups -OCH3 is 1. The second kappa shape index (κ2) is 6.58. The van der Waals surface area contributed by atoms with Crippen LogP contribution in [0.1, 0.15) is 18.5 Å². The highest BCUT2D eigenvalue weighted by molar-refractivity contribution is 5.81. The summed E-state index contributed by atoms with van der Waals surface area (Å²) in [4.78, 5) is 14.3. The van der Waals surface area contributed by atoms with Crippen molar-refractivity contribution in [2.45, 2.75) is 38.0 Å². The summed E-state index contributed by atoms with van der Waals surface area (Å²) in [5, 5.41) is 11.2. The Hall–Kier alpha value is -1.73. The smallest absolute Gasteiger partial charge is 0.249 e. The number of ether oxygens (including phenoxy) is 2. The van der Waals surface area contributed by atoms with E-state index in [0.717, 1.165) is 24.5 Å². The maximum atomic E-state index is 12.1. The molecule has 3 atom stereocenters. The average Bonchev–Trinajstić information content (AvgIpc) is 3.09. The van der Waals surface area contributed by atoms with Gasteiger partial charge in [-0.1, -0.05) is 0 Å². The zero-order valence-corrected chi connectivity index (χ0v) is 13.0. The Morgan fingerprint density at radius 3 is 3.09 bits per heavy atom. The van der Waals surface area contributed by atoms with Gasteiger partial charge in [-0.15, -0.1) is 5.10 Å². The number of aromatic nitrogens is 2. The zero-order valence-electron chi connectivity index (χ0n) is 13.0. The molecule has 1 N–H and O–H groups in total. The molecule has 2 fully saturated rings. The summed E-state index contributed by atoms with van der Waals surface area (Å²) in [5.41, 5.74) is 0.901. The predicted molar refractivity (Wildman–Crippen MR) is 80.7 cm³/mol. The predicted octanol–water partition coefficient (Wildman–Crippen LogP) is 0.284. The van der Waals surface area contributed by atoms with Crippen molar-refractivity contribution in [1.82, 2.24) is 15.5 Å². The monoisotopic (exact) mass is 306 g/mol. The van der Waals surface area contributed by atoms with Crippen molar-refractivity contribution in [1.29, 1.82) is 0 Å². The molecule has 7 nitrogen and oxygen atoms in total. The third-order valence-electron chi connectivity index (χ3n) is 4.25. The minimum Gasteiger partial charge on any atom is -0.383 e. The number of hydrogen-bond acceptors (Lipinski definition) is 6. The lowest BCUT2D eigenvalue weighted by Crippen LogP contribution is -2.38. The molecular formula is C15H22N4O3. The number of rotatable bonds is 5. The van der Waals surface area contributed by atoms with E-state index in [1.165, 1.54) is 0 Å². The molecular weight excluding hydrogens is 284 g/mol. The highest BCUT2D eigenvalue weighted by Gasteiger charge is 2.46. The molecule has 0 spiro atoms. The molecule has 2 aliphatic rings.